The Morgan fingerprint density at radius 3 is 2.75 bits per heavy atom. The van der Waals surface area contributed by atoms with Gasteiger partial charge in [-0.15, -0.1) is 0 Å². The van der Waals surface area contributed by atoms with E-state index in [0.717, 1.165) is 0 Å². The molecule has 0 saturated heterocycles. The van der Waals surface area contributed by atoms with Crippen LogP contribution in [0.15, 0.2) is 18.2 Å². The van der Waals surface area contributed by atoms with E-state index in [-0.39, 0.29) is 11.7 Å². The Hall–Kier alpha value is -1.23. The first kappa shape index (κ1) is 11.3. The topological polar surface area (TPSA) is 29.5 Å². The van der Waals surface area contributed by atoms with E-state index in [1.54, 1.807) is 0 Å². The lowest BCUT2D eigenvalue weighted by Crippen LogP contribution is -2.20. The van der Waals surface area contributed by atoms with Crippen molar-refractivity contribution in [2.45, 2.75) is 31.7 Å². The predicted octanol–water partition coefficient (Wildman–Crippen LogP) is 2.61. The molecule has 0 bridgehead atoms. The van der Waals surface area contributed by atoms with Crippen LogP contribution >= 0.6 is 0 Å². The second kappa shape index (κ2) is 3.66. The van der Waals surface area contributed by atoms with E-state index in [1.807, 2.05) is 6.92 Å². The molecule has 2 atom stereocenters. The van der Waals surface area contributed by atoms with Crippen molar-refractivity contribution in [2.24, 2.45) is 0 Å². The van der Waals surface area contributed by atoms with Gasteiger partial charge in [0.2, 0.25) is 0 Å². The zero-order valence-electron chi connectivity index (χ0n) is 8.58. The summed E-state index contributed by atoms with van der Waals surface area (Å²) in [5.74, 6) is 0.602. The van der Waals surface area contributed by atoms with Crippen molar-refractivity contribution in [2.75, 3.05) is 0 Å². The second-order valence-corrected chi connectivity index (χ2v) is 3.94. The standard InChI is InChI=1S/C11H11F3O2/c1-6-4-8-5-7(2-3-9(8)16-6)10(15)11(12,13)14/h2-3,5-6,10,15H,4H2,1H3/t6?,10-/m1/s1. The second-order valence-electron chi connectivity index (χ2n) is 3.94. The summed E-state index contributed by atoms with van der Waals surface area (Å²) in [4.78, 5) is 0. The van der Waals surface area contributed by atoms with Crippen LogP contribution in [0.25, 0.3) is 0 Å². The van der Waals surface area contributed by atoms with Gasteiger partial charge in [-0.2, -0.15) is 13.2 Å². The number of hydrogen-bond donors (Lipinski definition) is 1. The Bertz CT molecular complexity index is 401. The molecule has 0 fully saturated rings. The Morgan fingerprint density at radius 1 is 1.44 bits per heavy atom. The zero-order chi connectivity index (χ0) is 11.9. The molecule has 0 aliphatic carbocycles. The molecule has 2 rings (SSSR count). The fraction of sp³-hybridized carbons (Fsp3) is 0.455. The highest BCUT2D eigenvalue weighted by atomic mass is 19.4. The number of fused-ring (bicyclic) bond motifs is 1. The van der Waals surface area contributed by atoms with Crippen LogP contribution < -0.4 is 4.74 Å². The van der Waals surface area contributed by atoms with E-state index >= 15 is 0 Å². The van der Waals surface area contributed by atoms with Gasteiger partial charge in [-0.1, -0.05) is 6.07 Å². The van der Waals surface area contributed by atoms with Crippen LogP contribution in [0, 0.1) is 0 Å². The Labute approximate surface area is 90.7 Å². The van der Waals surface area contributed by atoms with E-state index in [2.05, 4.69) is 0 Å². The molecule has 0 aromatic heterocycles. The quantitative estimate of drug-likeness (QED) is 0.806. The van der Waals surface area contributed by atoms with Crippen LogP contribution in [0.1, 0.15) is 24.2 Å². The highest BCUT2D eigenvalue weighted by molar-refractivity contribution is 5.41. The van der Waals surface area contributed by atoms with Gasteiger partial charge in [0.05, 0.1) is 0 Å². The van der Waals surface area contributed by atoms with Gasteiger partial charge in [-0.25, -0.2) is 0 Å². The SMILES string of the molecule is CC1Cc2cc([C@@H](O)C(F)(F)F)ccc2O1. The lowest BCUT2D eigenvalue weighted by atomic mass is 10.0. The van der Waals surface area contributed by atoms with Crippen molar-refractivity contribution < 1.29 is 23.0 Å². The monoisotopic (exact) mass is 232 g/mol. The Kier molecular flexibility index (Phi) is 2.58. The maximum Gasteiger partial charge on any atom is 0.418 e. The highest BCUT2D eigenvalue weighted by Gasteiger charge is 2.39. The van der Waals surface area contributed by atoms with Gasteiger partial charge in [0.15, 0.2) is 6.10 Å². The number of alkyl halides is 3. The molecule has 1 heterocycles. The molecule has 0 radical (unpaired) electrons. The molecule has 1 aliphatic rings. The maximum absolute atomic E-state index is 12.3. The molecular weight excluding hydrogens is 221 g/mol. The largest absolute Gasteiger partial charge is 0.490 e. The molecule has 1 aliphatic heterocycles. The molecule has 88 valence electrons. The van der Waals surface area contributed by atoms with Crippen LogP contribution in [0.4, 0.5) is 13.2 Å². The molecule has 2 nitrogen and oxygen atoms in total. The summed E-state index contributed by atoms with van der Waals surface area (Å²) in [7, 11) is 0. The van der Waals surface area contributed by atoms with Crippen LogP contribution in [-0.4, -0.2) is 17.4 Å². The van der Waals surface area contributed by atoms with Crippen molar-refractivity contribution in [3.63, 3.8) is 0 Å². The van der Waals surface area contributed by atoms with E-state index < -0.39 is 12.3 Å². The highest BCUT2D eigenvalue weighted by Crippen LogP contribution is 2.36. The Morgan fingerprint density at radius 2 is 2.12 bits per heavy atom. The number of benzene rings is 1. The number of aliphatic hydroxyl groups excluding tert-OH is 1. The van der Waals surface area contributed by atoms with Crippen molar-refractivity contribution in [1.82, 2.24) is 0 Å². The molecule has 0 amide bonds. The normalized spacial score (nSPS) is 21.4. The third kappa shape index (κ3) is 2.00. The van der Waals surface area contributed by atoms with Crippen molar-refractivity contribution in [3.8, 4) is 5.75 Å². The third-order valence-electron chi connectivity index (χ3n) is 2.55. The number of ether oxygens (including phenoxy) is 1. The van der Waals surface area contributed by atoms with Gasteiger partial charge in [0, 0.05) is 6.42 Å². The molecule has 1 unspecified atom stereocenters. The number of aliphatic hydroxyl groups is 1. The third-order valence-corrected chi connectivity index (χ3v) is 2.55. The van der Waals surface area contributed by atoms with Crippen LogP contribution in [-0.2, 0) is 6.42 Å². The summed E-state index contributed by atoms with van der Waals surface area (Å²) >= 11 is 0. The minimum Gasteiger partial charge on any atom is -0.490 e. The van der Waals surface area contributed by atoms with Crippen molar-refractivity contribution in [1.29, 1.82) is 0 Å². The average Bonchev–Trinajstić information content (AvgIpc) is 2.54. The smallest absolute Gasteiger partial charge is 0.418 e. The molecule has 0 saturated carbocycles. The fourth-order valence-corrected chi connectivity index (χ4v) is 1.80. The molecule has 5 heteroatoms. The van der Waals surface area contributed by atoms with Crippen LogP contribution in [0.2, 0.25) is 0 Å². The number of hydrogen-bond acceptors (Lipinski definition) is 2. The van der Waals surface area contributed by atoms with Gasteiger partial charge in [0.25, 0.3) is 0 Å². The zero-order valence-corrected chi connectivity index (χ0v) is 8.58. The molecule has 1 aromatic carbocycles. The maximum atomic E-state index is 12.3. The first-order chi connectivity index (χ1) is 7.38. The summed E-state index contributed by atoms with van der Waals surface area (Å²) in [6.45, 7) is 1.85. The molecule has 1 N–H and O–H groups in total. The first-order valence-corrected chi connectivity index (χ1v) is 4.92. The number of halogens is 3. The minimum atomic E-state index is -4.63. The van der Waals surface area contributed by atoms with E-state index in [1.165, 1.54) is 18.2 Å². The van der Waals surface area contributed by atoms with Gasteiger partial charge in [-0.3, -0.25) is 0 Å². The van der Waals surface area contributed by atoms with Crippen molar-refractivity contribution >= 4 is 0 Å². The van der Waals surface area contributed by atoms with Gasteiger partial charge in [0.1, 0.15) is 11.9 Å². The predicted molar refractivity (Wildman–Crippen MR) is 51.3 cm³/mol. The summed E-state index contributed by atoms with van der Waals surface area (Å²) in [5, 5.41) is 9.09. The summed E-state index contributed by atoms with van der Waals surface area (Å²) in [6, 6.07) is 4.08. The fourth-order valence-electron chi connectivity index (χ4n) is 1.80. The van der Waals surface area contributed by atoms with Crippen LogP contribution in [0.5, 0.6) is 5.75 Å². The average molecular weight is 232 g/mol. The summed E-state index contributed by atoms with van der Waals surface area (Å²) in [6.07, 6.45) is -6.49. The summed E-state index contributed by atoms with van der Waals surface area (Å²) in [5.41, 5.74) is 0.581. The van der Waals surface area contributed by atoms with Gasteiger partial charge >= 0.3 is 6.18 Å². The van der Waals surface area contributed by atoms with Crippen LogP contribution in [0.3, 0.4) is 0 Å². The van der Waals surface area contributed by atoms with Gasteiger partial charge < -0.3 is 9.84 Å². The molecular formula is C11H11F3O2. The number of rotatable bonds is 1. The molecule has 1 aromatic rings. The van der Waals surface area contributed by atoms with E-state index in [0.29, 0.717) is 17.7 Å². The minimum absolute atomic E-state index is 0.0201. The lowest BCUT2D eigenvalue weighted by molar-refractivity contribution is -0.206. The first-order valence-electron chi connectivity index (χ1n) is 4.92. The van der Waals surface area contributed by atoms with E-state index in [9.17, 15) is 13.2 Å². The van der Waals surface area contributed by atoms with E-state index in [4.69, 9.17) is 9.84 Å². The summed E-state index contributed by atoms with van der Waals surface area (Å²) < 4.78 is 42.2. The molecule has 0 spiro atoms. The molecule has 16 heavy (non-hydrogen) atoms. The lowest BCUT2D eigenvalue weighted by Gasteiger charge is -2.15. The van der Waals surface area contributed by atoms with Crippen molar-refractivity contribution in [3.05, 3.63) is 29.3 Å². The van der Waals surface area contributed by atoms with Gasteiger partial charge in [-0.05, 0) is 30.2 Å². The Balaban J connectivity index is 2.29.